The predicted molar refractivity (Wildman–Crippen MR) is 73.9 cm³/mol. The summed E-state index contributed by atoms with van der Waals surface area (Å²) in [4.78, 5) is 21.6. The number of nitrogens with zero attached hydrogens (tertiary/aromatic N) is 3. The van der Waals surface area contributed by atoms with Crippen molar-refractivity contribution in [3.8, 4) is 0 Å². The van der Waals surface area contributed by atoms with Crippen molar-refractivity contribution in [3.05, 3.63) is 18.1 Å². The van der Waals surface area contributed by atoms with Gasteiger partial charge in [0.25, 0.3) is 0 Å². The molecule has 6 heteroatoms. The van der Waals surface area contributed by atoms with Gasteiger partial charge in [0.05, 0.1) is 0 Å². The molecule has 6 nitrogen and oxygen atoms in total. The molecule has 1 fully saturated rings. The first-order valence-corrected chi connectivity index (χ1v) is 6.70. The standard InChI is InChI=1S/C13H21N5O/c1-9(2)12-15-6-5-11(17-12)16-10-4-3-7-18(8-10)13(14)19/h5-6,9-10H,3-4,7-8H2,1-2H3,(H2,14,19)(H,15,16,17)/t10-/m0/s1. The predicted octanol–water partition coefficient (Wildman–Crippen LogP) is 1.55. The van der Waals surface area contributed by atoms with Gasteiger partial charge in [0.15, 0.2) is 0 Å². The van der Waals surface area contributed by atoms with E-state index in [0.717, 1.165) is 31.0 Å². The summed E-state index contributed by atoms with van der Waals surface area (Å²) in [5.41, 5.74) is 5.32. The average Bonchev–Trinajstić information content (AvgIpc) is 2.39. The molecule has 0 saturated carbocycles. The number of likely N-dealkylation sites (tertiary alicyclic amines) is 1. The van der Waals surface area contributed by atoms with E-state index in [2.05, 4.69) is 29.1 Å². The van der Waals surface area contributed by atoms with Crippen molar-refractivity contribution in [2.45, 2.75) is 38.6 Å². The Morgan fingerprint density at radius 3 is 3.05 bits per heavy atom. The topological polar surface area (TPSA) is 84.1 Å². The van der Waals surface area contributed by atoms with E-state index in [1.54, 1.807) is 11.1 Å². The van der Waals surface area contributed by atoms with Crippen LogP contribution in [0.4, 0.5) is 10.6 Å². The monoisotopic (exact) mass is 263 g/mol. The van der Waals surface area contributed by atoms with Crippen LogP contribution in [-0.4, -0.2) is 40.0 Å². The summed E-state index contributed by atoms with van der Waals surface area (Å²) < 4.78 is 0. The van der Waals surface area contributed by atoms with Crippen LogP contribution in [0.3, 0.4) is 0 Å². The molecular weight excluding hydrogens is 242 g/mol. The third-order valence-electron chi connectivity index (χ3n) is 3.28. The van der Waals surface area contributed by atoms with Crippen molar-refractivity contribution >= 4 is 11.8 Å². The zero-order chi connectivity index (χ0) is 13.8. The number of hydrogen-bond acceptors (Lipinski definition) is 4. The molecule has 104 valence electrons. The first kappa shape index (κ1) is 13.6. The average molecular weight is 263 g/mol. The zero-order valence-electron chi connectivity index (χ0n) is 11.5. The first-order valence-electron chi connectivity index (χ1n) is 6.70. The van der Waals surface area contributed by atoms with Gasteiger partial charge in [-0.25, -0.2) is 14.8 Å². The number of nitrogens with one attached hydrogen (secondary N) is 1. The molecule has 1 atom stereocenters. The van der Waals surface area contributed by atoms with E-state index in [1.807, 2.05) is 6.07 Å². The lowest BCUT2D eigenvalue weighted by Crippen LogP contribution is -2.47. The van der Waals surface area contributed by atoms with E-state index in [9.17, 15) is 4.79 Å². The fourth-order valence-corrected chi connectivity index (χ4v) is 2.24. The summed E-state index contributed by atoms with van der Waals surface area (Å²) >= 11 is 0. The molecule has 19 heavy (non-hydrogen) atoms. The molecule has 0 aliphatic carbocycles. The third kappa shape index (κ3) is 3.56. The minimum atomic E-state index is -0.350. The quantitative estimate of drug-likeness (QED) is 0.866. The summed E-state index contributed by atoms with van der Waals surface area (Å²) in [6.07, 6.45) is 3.74. The van der Waals surface area contributed by atoms with Gasteiger partial charge in [-0.3, -0.25) is 0 Å². The van der Waals surface area contributed by atoms with Crippen LogP contribution >= 0.6 is 0 Å². The van der Waals surface area contributed by atoms with Crippen molar-refractivity contribution in [1.29, 1.82) is 0 Å². The molecule has 2 heterocycles. The Hall–Kier alpha value is -1.85. The van der Waals surface area contributed by atoms with Gasteiger partial charge in [-0.2, -0.15) is 0 Å². The third-order valence-corrected chi connectivity index (χ3v) is 3.28. The Bertz CT molecular complexity index is 448. The van der Waals surface area contributed by atoms with Crippen LogP contribution < -0.4 is 11.1 Å². The lowest BCUT2D eigenvalue weighted by Gasteiger charge is -2.32. The summed E-state index contributed by atoms with van der Waals surface area (Å²) in [6, 6.07) is 1.71. The van der Waals surface area contributed by atoms with Gasteiger partial charge in [-0.1, -0.05) is 13.8 Å². The molecule has 1 aromatic heterocycles. The Morgan fingerprint density at radius 1 is 1.58 bits per heavy atom. The molecular formula is C13H21N5O. The van der Waals surface area contributed by atoms with E-state index in [1.165, 1.54) is 0 Å². The molecule has 0 aromatic carbocycles. The number of nitrogens with two attached hydrogens (primary N) is 1. The van der Waals surface area contributed by atoms with E-state index in [-0.39, 0.29) is 12.1 Å². The maximum absolute atomic E-state index is 11.2. The van der Waals surface area contributed by atoms with Gasteiger partial charge >= 0.3 is 6.03 Å². The molecule has 3 N–H and O–H groups in total. The Morgan fingerprint density at radius 2 is 2.37 bits per heavy atom. The Labute approximate surface area is 113 Å². The van der Waals surface area contributed by atoms with Crippen molar-refractivity contribution in [2.75, 3.05) is 18.4 Å². The molecule has 0 bridgehead atoms. The van der Waals surface area contributed by atoms with Gasteiger partial charge in [-0.15, -0.1) is 0 Å². The first-order chi connectivity index (χ1) is 9.06. The summed E-state index contributed by atoms with van der Waals surface area (Å²) in [5, 5.41) is 3.36. The van der Waals surface area contributed by atoms with Gasteiger partial charge < -0.3 is 16.0 Å². The number of amides is 2. The Balaban J connectivity index is 2.00. The molecule has 1 aliphatic rings. The van der Waals surface area contributed by atoms with Gasteiger partial charge in [0.2, 0.25) is 0 Å². The second kappa shape index (κ2) is 5.86. The van der Waals surface area contributed by atoms with E-state index in [4.69, 9.17) is 5.73 Å². The molecule has 0 radical (unpaired) electrons. The van der Waals surface area contributed by atoms with Crippen molar-refractivity contribution < 1.29 is 4.79 Å². The van der Waals surface area contributed by atoms with Gasteiger partial charge in [0, 0.05) is 31.2 Å². The number of hydrogen-bond donors (Lipinski definition) is 2. The fourth-order valence-electron chi connectivity index (χ4n) is 2.24. The number of piperidine rings is 1. The molecule has 2 amide bonds. The Kier molecular flexibility index (Phi) is 4.19. The largest absolute Gasteiger partial charge is 0.365 e. The van der Waals surface area contributed by atoms with Gasteiger partial charge in [0.1, 0.15) is 11.6 Å². The second-order valence-electron chi connectivity index (χ2n) is 5.22. The van der Waals surface area contributed by atoms with E-state index >= 15 is 0 Å². The van der Waals surface area contributed by atoms with Crippen LogP contribution in [0.15, 0.2) is 12.3 Å². The van der Waals surface area contributed by atoms with Crippen LogP contribution in [0, 0.1) is 0 Å². The van der Waals surface area contributed by atoms with E-state index in [0.29, 0.717) is 12.5 Å². The normalized spacial score (nSPS) is 19.5. The minimum absolute atomic E-state index is 0.205. The number of urea groups is 1. The number of primary amides is 1. The number of rotatable bonds is 3. The summed E-state index contributed by atoms with van der Waals surface area (Å²) in [7, 11) is 0. The van der Waals surface area contributed by atoms with Crippen LogP contribution in [0.5, 0.6) is 0 Å². The molecule has 0 unspecified atom stereocenters. The van der Waals surface area contributed by atoms with Crippen molar-refractivity contribution in [3.63, 3.8) is 0 Å². The number of carbonyl (C=O) groups is 1. The molecule has 1 saturated heterocycles. The lowest BCUT2D eigenvalue weighted by molar-refractivity contribution is 0.192. The highest BCUT2D eigenvalue weighted by Crippen LogP contribution is 2.16. The van der Waals surface area contributed by atoms with Gasteiger partial charge in [-0.05, 0) is 18.9 Å². The minimum Gasteiger partial charge on any atom is -0.365 e. The summed E-state index contributed by atoms with van der Waals surface area (Å²) in [6.45, 7) is 5.51. The molecule has 0 spiro atoms. The highest BCUT2D eigenvalue weighted by Gasteiger charge is 2.22. The number of anilines is 1. The number of aromatic nitrogens is 2. The maximum Gasteiger partial charge on any atom is 0.314 e. The SMILES string of the molecule is CC(C)c1nccc(N[C@H]2CCCN(C(N)=O)C2)n1. The molecule has 1 aromatic rings. The van der Waals surface area contributed by atoms with E-state index < -0.39 is 0 Å². The zero-order valence-corrected chi connectivity index (χ0v) is 11.5. The number of carbonyl (C=O) groups excluding carboxylic acids is 1. The van der Waals surface area contributed by atoms with Crippen molar-refractivity contribution in [2.24, 2.45) is 5.73 Å². The smallest absolute Gasteiger partial charge is 0.314 e. The van der Waals surface area contributed by atoms with Crippen LogP contribution in [0.2, 0.25) is 0 Å². The molecule has 2 rings (SSSR count). The van der Waals surface area contributed by atoms with Crippen LogP contribution in [-0.2, 0) is 0 Å². The maximum atomic E-state index is 11.2. The van der Waals surface area contributed by atoms with Crippen LogP contribution in [0.25, 0.3) is 0 Å². The second-order valence-corrected chi connectivity index (χ2v) is 5.22. The fraction of sp³-hybridized carbons (Fsp3) is 0.615. The summed E-state index contributed by atoms with van der Waals surface area (Å²) in [5.74, 6) is 1.94. The molecule has 1 aliphatic heterocycles. The lowest BCUT2D eigenvalue weighted by atomic mass is 10.1. The highest BCUT2D eigenvalue weighted by molar-refractivity contribution is 5.72. The van der Waals surface area contributed by atoms with Crippen LogP contribution in [0.1, 0.15) is 38.4 Å². The van der Waals surface area contributed by atoms with Crippen molar-refractivity contribution in [1.82, 2.24) is 14.9 Å². The highest BCUT2D eigenvalue weighted by atomic mass is 16.2.